The molecule has 0 spiro atoms. The van der Waals surface area contributed by atoms with Gasteiger partial charge in [-0.05, 0) is 114 Å². The quantitative estimate of drug-likeness (QED) is 0.384. The fourth-order valence-corrected chi connectivity index (χ4v) is 5.77. The number of aryl methyl sites for hydroxylation is 1. The summed E-state index contributed by atoms with van der Waals surface area (Å²) in [6.07, 6.45) is 3.34. The Balaban J connectivity index is 1.53. The summed E-state index contributed by atoms with van der Waals surface area (Å²) >= 11 is 0. The second kappa shape index (κ2) is 5.25. The number of nitrogens with zero attached hydrogens (tertiary/aromatic N) is 1. The van der Waals surface area contributed by atoms with Crippen LogP contribution in [0.1, 0.15) is 52.8 Å². The van der Waals surface area contributed by atoms with Crippen molar-refractivity contribution in [1.29, 1.82) is 0 Å². The molecule has 0 atom stereocenters. The first-order valence-corrected chi connectivity index (χ1v) is 10.4. The highest BCUT2D eigenvalue weighted by molar-refractivity contribution is 5.93. The highest BCUT2D eigenvalue weighted by atomic mass is 15.1. The van der Waals surface area contributed by atoms with Crippen LogP contribution in [0.4, 0.5) is 5.69 Å². The summed E-state index contributed by atoms with van der Waals surface area (Å²) in [6, 6.07) is 14.4. The van der Waals surface area contributed by atoms with Gasteiger partial charge in [-0.15, -0.1) is 0 Å². The maximum Gasteiger partial charge on any atom is 0.0372 e. The van der Waals surface area contributed by atoms with Crippen LogP contribution in [-0.2, 0) is 19.3 Å². The molecule has 3 aliphatic rings. The average molecular weight is 351 g/mol. The molecule has 0 fully saturated rings. The van der Waals surface area contributed by atoms with Crippen LogP contribution in [0.25, 0.3) is 22.3 Å². The van der Waals surface area contributed by atoms with Crippen LogP contribution < -0.4 is 4.90 Å². The standard InChI is InChI=1S/C26H25N/c1-4-27(5-2)20-10-17-9-18-13-22-21-7-6-15(3)8-16(21)12-23(22)24-14-19(11-20)25(17)26(18)24/h6-8,10-11,13H,4-5,9,12,14H2,1-3H3. The topological polar surface area (TPSA) is 3.24 Å². The van der Waals surface area contributed by atoms with Gasteiger partial charge in [0.05, 0.1) is 0 Å². The van der Waals surface area contributed by atoms with E-state index in [4.69, 9.17) is 0 Å². The van der Waals surface area contributed by atoms with Gasteiger partial charge in [0.25, 0.3) is 0 Å². The van der Waals surface area contributed by atoms with Gasteiger partial charge in [-0.25, -0.2) is 0 Å². The van der Waals surface area contributed by atoms with Gasteiger partial charge in [-0.2, -0.15) is 0 Å². The Morgan fingerprint density at radius 2 is 1.41 bits per heavy atom. The fraction of sp³-hybridized carbons (Fsp3) is 0.308. The second-order valence-electron chi connectivity index (χ2n) is 8.42. The molecule has 3 aliphatic carbocycles. The summed E-state index contributed by atoms with van der Waals surface area (Å²) in [7, 11) is 0. The summed E-state index contributed by atoms with van der Waals surface area (Å²) in [5.41, 5.74) is 18.3. The third-order valence-corrected chi connectivity index (χ3v) is 6.96. The largest absolute Gasteiger partial charge is 0.372 e. The normalized spacial score (nSPS) is 14.3. The molecule has 0 unspecified atom stereocenters. The van der Waals surface area contributed by atoms with E-state index >= 15 is 0 Å². The van der Waals surface area contributed by atoms with E-state index in [1.807, 2.05) is 0 Å². The number of rotatable bonds is 3. The number of anilines is 1. The summed E-state index contributed by atoms with van der Waals surface area (Å²) in [5, 5.41) is 0. The molecule has 0 bridgehead atoms. The van der Waals surface area contributed by atoms with Crippen LogP contribution >= 0.6 is 0 Å². The summed E-state index contributed by atoms with van der Waals surface area (Å²) in [6.45, 7) is 8.88. The summed E-state index contributed by atoms with van der Waals surface area (Å²) in [5.74, 6) is 0. The Morgan fingerprint density at radius 3 is 2.19 bits per heavy atom. The molecular formula is C26H25N. The molecule has 0 radical (unpaired) electrons. The molecule has 0 saturated carbocycles. The lowest BCUT2D eigenvalue weighted by molar-refractivity contribution is 0.864. The van der Waals surface area contributed by atoms with E-state index in [2.05, 4.69) is 62.1 Å². The van der Waals surface area contributed by atoms with Gasteiger partial charge in [-0.1, -0.05) is 23.8 Å². The van der Waals surface area contributed by atoms with E-state index in [9.17, 15) is 0 Å². The molecule has 6 rings (SSSR count). The van der Waals surface area contributed by atoms with Crippen molar-refractivity contribution in [2.45, 2.75) is 40.0 Å². The SMILES string of the molecule is CCN(CC)c1cc2c3c(c1)Cc1c4c(cc(c1-3)C2)-c1ccc(C)cc1C4. The van der Waals surface area contributed by atoms with Crippen molar-refractivity contribution in [1.82, 2.24) is 0 Å². The van der Waals surface area contributed by atoms with E-state index in [0.717, 1.165) is 32.4 Å². The molecular weight excluding hydrogens is 326 g/mol. The van der Waals surface area contributed by atoms with Gasteiger partial charge in [0.1, 0.15) is 0 Å². The molecule has 0 heterocycles. The first-order valence-electron chi connectivity index (χ1n) is 10.4. The van der Waals surface area contributed by atoms with Gasteiger partial charge in [0, 0.05) is 18.8 Å². The van der Waals surface area contributed by atoms with Crippen LogP contribution in [0, 0.1) is 6.92 Å². The number of hydrogen-bond donors (Lipinski definition) is 0. The van der Waals surface area contributed by atoms with E-state index in [1.54, 1.807) is 38.9 Å². The number of hydrogen-bond acceptors (Lipinski definition) is 1. The molecule has 0 N–H and O–H groups in total. The van der Waals surface area contributed by atoms with Crippen LogP contribution in [0.5, 0.6) is 0 Å². The average Bonchev–Trinajstić information content (AvgIpc) is 3.32. The van der Waals surface area contributed by atoms with Crippen molar-refractivity contribution in [2.24, 2.45) is 0 Å². The van der Waals surface area contributed by atoms with Crippen molar-refractivity contribution < 1.29 is 0 Å². The minimum atomic E-state index is 1.08. The lowest BCUT2D eigenvalue weighted by atomic mass is 9.93. The molecule has 1 heteroatoms. The Hall–Kier alpha value is -2.54. The van der Waals surface area contributed by atoms with Gasteiger partial charge < -0.3 is 4.90 Å². The molecule has 134 valence electrons. The fourth-order valence-electron chi connectivity index (χ4n) is 5.77. The molecule has 27 heavy (non-hydrogen) atoms. The lowest BCUT2D eigenvalue weighted by Crippen LogP contribution is -2.22. The third-order valence-electron chi connectivity index (χ3n) is 6.96. The first-order chi connectivity index (χ1) is 13.2. The van der Waals surface area contributed by atoms with Gasteiger partial charge >= 0.3 is 0 Å². The predicted molar refractivity (Wildman–Crippen MR) is 114 cm³/mol. The summed E-state index contributed by atoms with van der Waals surface area (Å²) in [4.78, 5) is 2.49. The molecule has 0 aromatic heterocycles. The van der Waals surface area contributed by atoms with Crippen molar-refractivity contribution in [3.63, 3.8) is 0 Å². The maximum atomic E-state index is 2.52. The zero-order valence-electron chi connectivity index (χ0n) is 16.4. The lowest BCUT2D eigenvalue weighted by Gasteiger charge is -2.22. The Bertz CT molecular complexity index is 1130. The Morgan fingerprint density at radius 1 is 0.704 bits per heavy atom. The molecule has 0 saturated heterocycles. The molecule has 0 amide bonds. The van der Waals surface area contributed by atoms with Gasteiger partial charge in [0.15, 0.2) is 0 Å². The van der Waals surface area contributed by atoms with Gasteiger partial charge in [-0.3, -0.25) is 0 Å². The first kappa shape index (κ1) is 15.5. The third kappa shape index (κ3) is 1.95. The highest BCUT2D eigenvalue weighted by Crippen LogP contribution is 2.53. The van der Waals surface area contributed by atoms with Crippen molar-refractivity contribution in [3.8, 4) is 22.3 Å². The zero-order valence-corrected chi connectivity index (χ0v) is 16.4. The predicted octanol–water partition coefficient (Wildman–Crippen LogP) is 5.89. The molecule has 0 aliphatic heterocycles. The van der Waals surface area contributed by atoms with Crippen LogP contribution in [0.2, 0.25) is 0 Å². The van der Waals surface area contributed by atoms with Crippen LogP contribution in [-0.4, -0.2) is 13.1 Å². The minimum absolute atomic E-state index is 1.08. The highest BCUT2D eigenvalue weighted by Gasteiger charge is 2.35. The van der Waals surface area contributed by atoms with Crippen molar-refractivity contribution >= 4 is 5.69 Å². The van der Waals surface area contributed by atoms with Crippen molar-refractivity contribution in [3.05, 3.63) is 75.3 Å². The molecule has 3 aromatic carbocycles. The number of benzene rings is 3. The van der Waals surface area contributed by atoms with E-state index in [1.165, 1.54) is 27.9 Å². The Labute approximate surface area is 161 Å². The molecule has 1 nitrogen and oxygen atoms in total. The van der Waals surface area contributed by atoms with Gasteiger partial charge in [0.2, 0.25) is 0 Å². The summed E-state index contributed by atoms with van der Waals surface area (Å²) < 4.78 is 0. The van der Waals surface area contributed by atoms with E-state index < -0.39 is 0 Å². The second-order valence-corrected chi connectivity index (χ2v) is 8.42. The molecule has 3 aromatic rings. The van der Waals surface area contributed by atoms with Crippen LogP contribution in [0.15, 0.2) is 36.4 Å². The smallest absolute Gasteiger partial charge is 0.0372 e. The maximum absolute atomic E-state index is 2.52. The van der Waals surface area contributed by atoms with E-state index in [-0.39, 0.29) is 0 Å². The van der Waals surface area contributed by atoms with Crippen molar-refractivity contribution in [2.75, 3.05) is 18.0 Å². The van der Waals surface area contributed by atoms with Crippen LogP contribution in [0.3, 0.4) is 0 Å². The monoisotopic (exact) mass is 351 g/mol. The number of fused-ring (bicyclic) bond motifs is 4. The zero-order chi connectivity index (χ0) is 18.3. The minimum Gasteiger partial charge on any atom is -0.372 e. The van der Waals surface area contributed by atoms with E-state index in [0.29, 0.717) is 0 Å². The Kier molecular flexibility index (Phi) is 3.02.